The third-order valence-electron chi connectivity index (χ3n) is 4.03. The van der Waals surface area contributed by atoms with Gasteiger partial charge >= 0.3 is 5.97 Å². The van der Waals surface area contributed by atoms with Crippen molar-refractivity contribution in [2.24, 2.45) is 0 Å². The zero-order valence-electron chi connectivity index (χ0n) is 13.8. The zero-order valence-corrected chi connectivity index (χ0v) is 13.8. The first kappa shape index (κ1) is 16.0. The molecule has 0 aliphatic heterocycles. The van der Waals surface area contributed by atoms with Crippen LogP contribution in [0.5, 0.6) is 0 Å². The number of hydrogen-bond acceptors (Lipinski definition) is 3. The van der Waals surface area contributed by atoms with Gasteiger partial charge in [0.1, 0.15) is 0 Å². The first-order valence-corrected chi connectivity index (χ1v) is 7.94. The minimum atomic E-state index is -0.456. The number of rotatable bonds is 5. The van der Waals surface area contributed by atoms with Gasteiger partial charge in [-0.3, -0.25) is 4.79 Å². The maximum Gasteiger partial charge on any atom is 0.341 e. The smallest absolute Gasteiger partial charge is 0.341 e. The lowest BCUT2D eigenvalue weighted by Gasteiger charge is -2.08. The highest BCUT2D eigenvalue weighted by Gasteiger charge is 2.23. The van der Waals surface area contributed by atoms with E-state index >= 15 is 0 Å². The van der Waals surface area contributed by atoms with Crippen molar-refractivity contribution in [3.63, 3.8) is 0 Å². The minimum absolute atomic E-state index is 0.272. The summed E-state index contributed by atoms with van der Waals surface area (Å²) in [6, 6.07) is 15.7. The summed E-state index contributed by atoms with van der Waals surface area (Å²) in [5.41, 5.74) is 3.66. The van der Waals surface area contributed by atoms with Gasteiger partial charge in [0, 0.05) is 17.4 Å². The van der Waals surface area contributed by atoms with E-state index in [9.17, 15) is 9.59 Å². The fourth-order valence-corrected chi connectivity index (χ4v) is 2.96. The molecule has 0 aliphatic carbocycles. The largest absolute Gasteiger partial charge is 0.462 e. The third-order valence-corrected chi connectivity index (χ3v) is 4.03. The molecule has 0 bridgehead atoms. The Bertz CT molecular complexity index is 894. The van der Waals surface area contributed by atoms with E-state index in [1.54, 1.807) is 6.92 Å². The van der Waals surface area contributed by atoms with E-state index in [-0.39, 0.29) is 6.61 Å². The maximum absolute atomic E-state index is 12.4. The maximum atomic E-state index is 12.4. The Morgan fingerprint density at radius 2 is 1.92 bits per heavy atom. The summed E-state index contributed by atoms with van der Waals surface area (Å²) in [6.45, 7) is 4.51. The molecule has 0 saturated heterocycles. The van der Waals surface area contributed by atoms with Crippen LogP contribution < -0.4 is 0 Å². The van der Waals surface area contributed by atoms with Crippen LogP contribution in [0.2, 0.25) is 0 Å². The average molecular weight is 321 g/mol. The van der Waals surface area contributed by atoms with Gasteiger partial charge in [-0.2, -0.15) is 0 Å². The fourth-order valence-electron chi connectivity index (χ4n) is 2.96. The van der Waals surface area contributed by atoms with Crippen molar-refractivity contribution in [3.8, 4) is 0 Å². The molecule has 4 heteroatoms. The number of ether oxygens (including phenoxy) is 1. The Morgan fingerprint density at radius 1 is 1.17 bits per heavy atom. The number of fused-ring (bicyclic) bond motifs is 1. The highest BCUT2D eigenvalue weighted by molar-refractivity contribution is 6.10. The molecule has 3 aromatic rings. The van der Waals surface area contributed by atoms with Gasteiger partial charge in [-0.05, 0) is 31.5 Å². The molecule has 0 aliphatic rings. The van der Waals surface area contributed by atoms with E-state index in [4.69, 9.17) is 4.74 Å². The normalized spacial score (nSPS) is 10.8. The zero-order chi connectivity index (χ0) is 17.1. The molecule has 3 rings (SSSR count). The Labute approximate surface area is 140 Å². The fraction of sp³-hybridized carbons (Fsp3) is 0.200. The van der Waals surface area contributed by atoms with Crippen molar-refractivity contribution in [3.05, 3.63) is 70.9 Å². The highest BCUT2D eigenvalue weighted by atomic mass is 16.5. The van der Waals surface area contributed by atoms with E-state index in [0.717, 1.165) is 28.3 Å². The number of benzene rings is 2. The second-order valence-corrected chi connectivity index (χ2v) is 5.69. The summed E-state index contributed by atoms with van der Waals surface area (Å²) in [7, 11) is 0. The molecule has 0 atom stereocenters. The number of hydrogen-bond donors (Lipinski definition) is 0. The van der Waals surface area contributed by atoms with Gasteiger partial charge in [0.2, 0.25) is 0 Å². The molecular weight excluding hydrogens is 302 g/mol. The first-order chi connectivity index (χ1) is 11.7. The number of aryl methyl sites for hydroxylation is 1. The molecule has 0 saturated carbocycles. The van der Waals surface area contributed by atoms with Crippen LogP contribution in [0, 0.1) is 6.92 Å². The number of carbonyl (C=O) groups excluding carboxylic acids is 2. The molecule has 1 aromatic heterocycles. The molecule has 0 radical (unpaired) electrons. The van der Waals surface area contributed by atoms with E-state index < -0.39 is 5.97 Å². The van der Waals surface area contributed by atoms with Crippen molar-refractivity contribution in [2.75, 3.05) is 6.61 Å². The van der Waals surface area contributed by atoms with Gasteiger partial charge in [0.05, 0.1) is 17.9 Å². The lowest BCUT2D eigenvalue weighted by Crippen LogP contribution is -2.10. The van der Waals surface area contributed by atoms with Crippen molar-refractivity contribution < 1.29 is 14.3 Å². The number of aromatic nitrogens is 1. The van der Waals surface area contributed by atoms with Crippen LogP contribution in [-0.2, 0) is 11.3 Å². The number of esters is 1. The summed E-state index contributed by atoms with van der Waals surface area (Å²) < 4.78 is 7.05. The Hall–Kier alpha value is -2.88. The van der Waals surface area contributed by atoms with Gasteiger partial charge in [0.15, 0.2) is 6.29 Å². The Kier molecular flexibility index (Phi) is 4.47. The predicted molar refractivity (Wildman–Crippen MR) is 93.6 cm³/mol. The summed E-state index contributed by atoms with van der Waals surface area (Å²) in [5.74, 6) is -0.456. The van der Waals surface area contributed by atoms with Crippen LogP contribution in [0.25, 0.3) is 10.9 Å². The number of aldehydes is 1. The van der Waals surface area contributed by atoms with E-state index in [1.165, 1.54) is 0 Å². The average Bonchev–Trinajstić information content (AvgIpc) is 2.88. The molecule has 24 heavy (non-hydrogen) atoms. The number of nitrogens with zero attached hydrogens (tertiary/aromatic N) is 1. The lowest BCUT2D eigenvalue weighted by molar-refractivity contribution is 0.0526. The van der Waals surface area contributed by atoms with E-state index in [2.05, 4.69) is 0 Å². The van der Waals surface area contributed by atoms with Gasteiger partial charge in [-0.25, -0.2) is 4.79 Å². The van der Waals surface area contributed by atoms with Crippen LogP contribution in [0.4, 0.5) is 0 Å². The Balaban J connectivity index is 2.24. The van der Waals surface area contributed by atoms with Crippen LogP contribution in [0.15, 0.2) is 48.5 Å². The summed E-state index contributed by atoms with van der Waals surface area (Å²) in [6.07, 6.45) is 0.741. The molecule has 0 N–H and O–H groups in total. The minimum Gasteiger partial charge on any atom is -0.462 e. The molecular formula is C20H19NO3. The molecule has 0 amide bonds. The van der Waals surface area contributed by atoms with Crippen molar-refractivity contribution in [1.82, 2.24) is 4.57 Å². The van der Waals surface area contributed by atoms with Crippen LogP contribution in [-0.4, -0.2) is 23.4 Å². The van der Waals surface area contributed by atoms with Crippen LogP contribution >= 0.6 is 0 Å². The first-order valence-electron chi connectivity index (χ1n) is 7.94. The van der Waals surface area contributed by atoms with Crippen molar-refractivity contribution >= 4 is 23.2 Å². The topological polar surface area (TPSA) is 48.3 Å². The molecule has 2 aromatic carbocycles. The summed E-state index contributed by atoms with van der Waals surface area (Å²) >= 11 is 0. The predicted octanol–water partition coefficient (Wildman–Crippen LogP) is 3.99. The van der Waals surface area contributed by atoms with E-state index in [1.807, 2.05) is 60.0 Å². The quantitative estimate of drug-likeness (QED) is 0.527. The van der Waals surface area contributed by atoms with Crippen LogP contribution in [0.1, 0.15) is 38.9 Å². The molecule has 1 heterocycles. The van der Waals surface area contributed by atoms with Crippen molar-refractivity contribution in [1.29, 1.82) is 0 Å². The van der Waals surface area contributed by atoms with Crippen LogP contribution in [0.3, 0.4) is 0 Å². The van der Waals surface area contributed by atoms with Crippen molar-refractivity contribution in [2.45, 2.75) is 20.4 Å². The van der Waals surface area contributed by atoms with Gasteiger partial charge < -0.3 is 9.30 Å². The molecule has 122 valence electrons. The summed E-state index contributed by atoms with van der Waals surface area (Å²) in [5, 5.41) is 0.756. The lowest BCUT2D eigenvalue weighted by atomic mass is 10.1. The second kappa shape index (κ2) is 6.71. The van der Waals surface area contributed by atoms with E-state index in [0.29, 0.717) is 17.8 Å². The monoisotopic (exact) mass is 321 g/mol. The number of carbonyl (C=O) groups is 2. The standard InChI is InChI=1S/C20H19NO3/c1-3-24-20(23)19-16-11-14(2)9-10-17(16)21(18(19)13-22)12-15-7-5-4-6-8-15/h4-11,13H,3,12H2,1-2H3. The van der Waals surface area contributed by atoms with Gasteiger partial charge in [-0.1, -0.05) is 42.0 Å². The molecule has 0 unspecified atom stereocenters. The molecule has 0 spiro atoms. The van der Waals surface area contributed by atoms with Gasteiger partial charge in [-0.15, -0.1) is 0 Å². The Morgan fingerprint density at radius 3 is 2.58 bits per heavy atom. The summed E-state index contributed by atoms with van der Waals surface area (Å²) in [4.78, 5) is 24.2. The SMILES string of the molecule is CCOC(=O)c1c(C=O)n(Cc2ccccc2)c2ccc(C)cc12. The molecule has 0 fully saturated rings. The molecule has 4 nitrogen and oxygen atoms in total. The third kappa shape index (κ3) is 2.83. The second-order valence-electron chi connectivity index (χ2n) is 5.69. The van der Waals surface area contributed by atoms with Gasteiger partial charge in [0.25, 0.3) is 0 Å². The highest BCUT2D eigenvalue weighted by Crippen LogP contribution is 2.28.